The zero-order valence-corrected chi connectivity index (χ0v) is 13.7. The molecule has 20 heavy (non-hydrogen) atoms. The Labute approximate surface area is 125 Å². The van der Waals surface area contributed by atoms with E-state index in [1.807, 2.05) is 0 Å². The lowest BCUT2D eigenvalue weighted by Crippen LogP contribution is -2.34. The van der Waals surface area contributed by atoms with Gasteiger partial charge in [0.15, 0.2) is 0 Å². The van der Waals surface area contributed by atoms with E-state index in [1.54, 1.807) is 0 Å². The lowest BCUT2D eigenvalue weighted by molar-refractivity contribution is 0.352. The number of nitrogens with one attached hydrogen (secondary N) is 1. The fourth-order valence-corrected chi connectivity index (χ4v) is 3.50. The summed E-state index contributed by atoms with van der Waals surface area (Å²) in [5.41, 5.74) is 2.88. The van der Waals surface area contributed by atoms with Crippen LogP contribution in [0.25, 0.3) is 0 Å². The number of benzene rings is 1. The molecule has 0 saturated heterocycles. The van der Waals surface area contributed by atoms with Gasteiger partial charge >= 0.3 is 0 Å². The summed E-state index contributed by atoms with van der Waals surface area (Å²) in [4.78, 5) is 0. The fraction of sp³-hybridized carbons (Fsp3) is 0.684. The van der Waals surface area contributed by atoms with Gasteiger partial charge < -0.3 is 5.32 Å². The zero-order valence-electron chi connectivity index (χ0n) is 13.7. The Hall–Kier alpha value is -0.820. The van der Waals surface area contributed by atoms with E-state index in [2.05, 4.69) is 57.3 Å². The van der Waals surface area contributed by atoms with E-state index in [9.17, 15) is 0 Å². The van der Waals surface area contributed by atoms with Gasteiger partial charge in [0.1, 0.15) is 0 Å². The van der Waals surface area contributed by atoms with E-state index in [-0.39, 0.29) is 0 Å². The van der Waals surface area contributed by atoms with Crippen LogP contribution < -0.4 is 5.32 Å². The summed E-state index contributed by atoms with van der Waals surface area (Å²) in [6, 6.07) is 10.3. The van der Waals surface area contributed by atoms with Crippen molar-refractivity contribution in [3.8, 4) is 0 Å². The van der Waals surface area contributed by atoms with Crippen molar-refractivity contribution in [3.05, 3.63) is 35.4 Å². The molecule has 1 aliphatic carbocycles. The average Bonchev–Trinajstić information content (AvgIpc) is 2.92. The predicted molar refractivity (Wildman–Crippen MR) is 88.0 cm³/mol. The van der Waals surface area contributed by atoms with Crippen molar-refractivity contribution in [1.82, 2.24) is 5.32 Å². The molecule has 1 saturated carbocycles. The van der Waals surface area contributed by atoms with Crippen LogP contribution in [0, 0.1) is 11.8 Å². The van der Waals surface area contributed by atoms with Gasteiger partial charge in [0.25, 0.3) is 0 Å². The Morgan fingerprint density at radius 1 is 1.00 bits per heavy atom. The zero-order chi connectivity index (χ0) is 14.5. The van der Waals surface area contributed by atoms with Gasteiger partial charge in [0.2, 0.25) is 0 Å². The topological polar surface area (TPSA) is 12.0 Å². The van der Waals surface area contributed by atoms with Crippen LogP contribution in [0.5, 0.6) is 0 Å². The molecule has 112 valence electrons. The minimum Gasteiger partial charge on any atom is -0.307 e. The van der Waals surface area contributed by atoms with E-state index >= 15 is 0 Å². The Morgan fingerprint density at radius 2 is 1.60 bits per heavy atom. The second kappa shape index (κ2) is 7.26. The minimum absolute atomic E-state index is 0.457. The fourth-order valence-electron chi connectivity index (χ4n) is 3.50. The summed E-state index contributed by atoms with van der Waals surface area (Å²) in [6.07, 6.45) is 6.85. The SMILES string of the molecule is CC(C)Cc1ccc(C(C)N[C@@H](C)C2CCCC2)cc1. The normalized spacial score (nSPS) is 19.4. The van der Waals surface area contributed by atoms with Gasteiger partial charge in [-0.25, -0.2) is 0 Å². The van der Waals surface area contributed by atoms with Crippen LogP contribution in [0.3, 0.4) is 0 Å². The van der Waals surface area contributed by atoms with E-state index < -0.39 is 0 Å². The van der Waals surface area contributed by atoms with Crippen molar-refractivity contribution >= 4 is 0 Å². The number of hydrogen-bond acceptors (Lipinski definition) is 1. The van der Waals surface area contributed by atoms with Crippen LogP contribution in [0.15, 0.2) is 24.3 Å². The van der Waals surface area contributed by atoms with E-state index in [4.69, 9.17) is 0 Å². The predicted octanol–water partition coefficient (Wildman–Crippen LogP) is 5.11. The third-order valence-electron chi connectivity index (χ3n) is 4.74. The highest BCUT2D eigenvalue weighted by Gasteiger charge is 2.22. The standard InChI is InChI=1S/C19H31N/c1-14(2)13-17-9-11-19(12-10-17)16(4)20-15(3)18-7-5-6-8-18/h9-12,14-16,18,20H,5-8,13H2,1-4H3/t15-,16?/m0/s1. The Balaban J connectivity index is 1.89. The largest absolute Gasteiger partial charge is 0.307 e. The maximum absolute atomic E-state index is 3.80. The molecule has 2 rings (SSSR count). The molecule has 0 spiro atoms. The van der Waals surface area contributed by atoms with Crippen molar-refractivity contribution in [1.29, 1.82) is 0 Å². The average molecular weight is 273 g/mol. The van der Waals surface area contributed by atoms with E-state index in [0.29, 0.717) is 12.1 Å². The third kappa shape index (κ3) is 4.34. The van der Waals surface area contributed by atoms with Gasteiger partial charge in [-0.15, -0.1) is 0 Å². The molecule has 1 heteroatoms. The van der Waals surface area contributed by atoms with Crippen LogP contribution in [-0.2, 0) is 6.42 Å². The van der Waals surface area contributed by atoms with Crippen LogP contribution in [0.2, 0.25) is 0 Å². The second-order valence-electron chi connectivity index (χ2n) is 7.06. The minimum atomic E-state index is 0.457. The van der Waals surface area contributed by atoms with E-state index in [0.717, 1.165) is 11.8 Å². The molecule has 0 heterocycles. The first-order valence-corrected chi connectivity index (χ1v) is 8.41. The molecule has 0 radical (unpaired) electrons. The third-order valence-corrected chi connectivity index (χ3v) is 4.74. The van der Waals surface area contributed by atoms with Gasteiger partial charge in [-0.2, -0.15) is 0 Å². The van der Waals surface area contributed by atoms with Gasteiger partial charge in [-0.05, 0) is 56.1 Å². The van der Waals surface area contributed by atoms with Crippen molar-refractivity contribution in [3.63, 3.8) is 0 Å². The molecule has 1 nitrogen and oxygen atoms in total. The molecular weight excluding hydrogens is 242 g/mol. The van der Waals surface area contributed by atoms with Crippen LogP contribution in [-0.4, -0.2) is 6.04 Å². The first-order chi connectivity index (χ1) is 9.56. The molecule has 0 bridgehead atoms. The van der Waals surface area contributed by atoms with Crippen molar-refractivity contribution < 1.29 is 0 Å². The van der Waals surface area contributed by atoms with Gasteiger partial charge in [-0.3, -0.25) is 0 Å². The Bertz CT molecular complexity index is 387. The Morgan fingerprint density at radius 3 is 2.15 bits per heavy atom. The molecule has 1 aromatic carbocycles. The first-order valence-electron chi connectivity index (χ1n) is 8.41. The molecule has 0 amide bonds. The highest BCUT2D eigenvalue weighted by atomic mass is 14.9. The van der Waals surface area contributed by atoms with Crippen LogP contribution >= 0.6 is 0 Å². The molecular formula is C19H31N. The summed E-state index contributed by atoms with van der Waals surface area (Å²) in [5, 5.41) is 3.80. The molecule has 1 fully saturated rings. The summed E-state index contributed by atoms with van der Waals surface area (Å²) in [5.74, 6) is 1.62. The van der Waals surface area contributed by atoms with Gasteiger partial charge in [0, 0.05) is 12.1 Å². The molecule has 1 aromatic rings. The molecule has 0 aliphatic heterocycles. The highest BCUT2D eigenvalue weighted by Crippen LogP contribution is 2.28. The lowest BCUT2D eigenvalue weighted by Gasteiger charge is -2.25. The van der Waals surface area contributed by atoms with Crippen molar-refractivity contribution in [2.75, 3.05) is 0 Å². The molecule has 1 aliphatic rings. The smallest absolute Gasteiger partial charge is 0.0294 e. The molecule has 1 unspecified atom stereocenters. The lowest BCUT2D eigenvalue weighted by atomic mass is 9.96. The summed E-state index contributed by atoms with van der Waals surface area (Å²) >= 11 is 0. The second-order valence-corrected chi connectivity index (χ2v) is 7.06. The number of hydrogen-bond donors (Lipinski definition) is 1. The summed E-state index contributed by atoms with van der Waals surface area (Å²) in [6.45, 7) is 9.21. The van der Waals surface area contributed by atoms with Crippen LogP contribution in [0.4, 0.5) is 0 Å². The van der Waals surface area contributed by atoms with Crippen molar-refractivity contribution in [2.24, 2.45) is 11.8 Å². The Kier molecular flexibility index (Phi) is 5.65. The maximum atomic E-state index is 3.80. The highest BCUT2D eigenvalue weighted by molar-refractivity contribution is 5.25. The monoisotopic (exact) mass is 273 g/mol. The molecule has 1 N–H and O–H groups in total. The quantitative estimate of drug-likeness (QED) is 0.759. The molecule has 0 aromatic heterocycles. The maximum Gasteiger partial charge on any atom is 0.0294 e. The van der Waals surface area contributed by atoms with Crippen molar-refractivity contribution in [2.45, 2.75) is 71.9 Å². The number of rotatable bonds is 6. The molecule has 2 atom stereocenters. The summed E-state index contributed by atoms with van der Waals surface area (Å²) in [7, 11) is 0. The van der Waals surface area contributed by atoms with Gasteiger partial charge in [0.05, 0.1) is 0 Å². The van der Waals surface area contributed by atoms with Crippen LogP contribution in [0.1, 0.15) is 70.5 Å². The first kappa shape index (κ1) is 15.6. The summed E-state index contributed by atoms with van der Waals surface area (Å²) < 4.78 is 0. The van der Waals surface area contributed by atoms with E-state index in [1.165, 1.54) is 43.2 Å². The van der Waals surface area contributed by atoms with Gasteiger partial charge in [-0.1, -0.05) is 51.0 Å².